The van der Waals surface area contributed by atoms with Crippen molar-refractivity contribution >= 4 is 11.8 Å². The van der Waals surface area contributed by atoms with E-state index in [9.17, 15) is 4.79 Å². The van der Waals surface area contributed by atoms with Gasteiger partial charge in [-0.1, -0.05) is 6.92 Å². The van der Waals surface area contributed by atoms with E-state index in [0.29, 0.717) is 0 Å². The van der Waals surface area contributed by atoms with Gasteiger partial charge in [0.25, 0.3) is 0 Å². The van der Waals surface area contributed by atoms with Crippen LogP contribution in [0.3, 0.4) is 0 Å². The molecule has 0 spiro atoms. The Morgan fingerprint density at radius 3 is 2.83 bits per heavy atom. The molecule has 1 aromatic heterocycles. The average molecular weight is 249 g/mol. The first-order valence-electron chi connectivity index (χ1n) is 6.36. The molecule has 0 radical (unpaired) electrons. The molecule has 0 aliphatic carbocycles. The van der Waals surface area contributed by atoms with E-state index in [0.717, 1.165) is 24.8 Å². The molecule has 5 nitrogen and oxygen atoms in total. The number of hydrogen-bond acceptors (Lipinski definition) is 5. The van der Waals surface area contributed by atoms with Gasteiger partial charge in [-0.25, -0.2) is 14.8 Å². The molecule has 0 aromatic carbocycles. The summed E-state index contributed by atoms with van der Waals surface area (Å²) in [6, 6.07) is 0. The van der Waals surface area contributed by atoms with Crippen molar-refractivity contribution in [2.24, 2.45) is 5.92 Å². The van der Waals surface area contributed by atoms with Crippen LogP contribution in [-0.2, 0) is 4.74 Å². The first-order valence-corrected chi connectivity index (χ1v) is 6.36. The van der Waals surface area contributed by atoms with E-state index in [2.05, 4.69) is 26.5 Å². The van der Waals surface area contributed by atoms with Gasteiger partial charge in [0.1, 0.15) is 5.82 Å². The SMILES string of the molecule is COC(=O)c1cnc(N2CCCC(C)CC2)cn1. The Morgan fingerprint density at radius 2 is 2.17 bits per heavy atom. The van der Waals surface area contributed by atoms with E-state index in [1.54, 1.807) is 6.20 Å². The fourth-order valence-corrected chi connectivity index (χ4v) is 2.19. The number of aromatic nitrogens is 2. The number of rotatable bonds is 2. The van der Waals surface area contributed by atoms with Crippen LogP contribution in [0.15, 0.2) is 12.4 Å². The maximum Gasteiger partial charge on any atom is 0.358 e. The van der Waals surface area contributed by atoms with Crippen molar-refractivity contribution in [1.29, 1.82) is 0 Å². The number of nitrogens with zero attached hydrogens (tertiary/aromatic N) is 3. The van der Waals surface area contributed by atoms with Crippen molar-refractivity contribution in [1.82, 2.24) is 9.97 Å². The van der Waals surface area contributed by atoms with Crippen LogP contribution in [-0.4, -0.2) is 36.1 Å². The molecule has 1 unspecified atom stereocenters. The molecule has 1 saturated heterocycles. The van der Waals surface area contributed by atoms with Crippen molar-refractivity contribution in [2.75, 3.05) is 25.1 Å². The van der Waals surface area contributed by atoms with Gasteiger partial charge in [-0.2, -0.15) is 0 Å². The Hall–Kier alpha value is -1.65. The Balaban J connectivity index is 2.06. The van der Waals surface area contributed by atoms with E-state index in [4.69, 9.17) is 0 Å². The van der Waals surface area contributed by atoms with Gasteiger partial charge >= 0.3 is 5.97 Å². The summed E-state index contributed by atoms with van der Waals surface area (Å²) in [6.07, 6.45) is 6.77. The predicted octanol–water partition coefficient (Wildman–Crippen LogP) is 1.89. The molecule has 2 heterocycles. The minimum absolute atomic E-state index is 0.254. The summed E-state index contributed by atoms with van der Waals surface area (Å²) in [5, 5.41) is 0. The Labute approximate surface area is 107 Å². The van der Waals surface area contributed by atoms with Crippen LogP contribution in [0.2, 0.25) is 0 Å². The van der Waals surface area contributed by atoms with Gasteiger partial charge in [-0.05, 0) is 25.2 Å². The molecule has 2 rings (SSSR count). The third-order valence-corrected chi connectivity index (χ3v) is 3.37. The molecule has 0 N–H and O–H groups in total. The molecule has 1 aliphatic rings. The third-order valence-electron chi connectivity index (χ3n) is 3.37. The number of hydrogen-bond donors (Lipinski definition) is 0. The molecule has 0 bridgehead atoms. The average Bonchev–Trinajstić information content (AvgIpc) is 2.63. The third kappa shape index (κ3) is 2.97. The molecule has 5 heteroatoms. The molecule has 98 valence electrons. The Kier molecular flexibility index (Phi) is 4.12. The Bertz CT molecular complexity index is 405. The highest BCUT2D eigenvalue weighted by atomic mass is 16.5. The van der Waals surface area contributed by atoms with Crippen molar-refractivity contribution in [3.63, 3.8) is 0 Å². The molecule has 1 aromatic rings. The van der Waals surface area contributed by atoms with Gasteiger partial charge in [0.2, 0.25) is 0 Å². The Morgan fingerprint density at radius 1 is 1.33 bits per heavy atom. The quantitative estimate of drug-likeness (QED) is 0.749. The summed E-state index contributed by atoms with van der Waals surface area (Å²) in [7, 11) is 1.34. The van der Waals surface area contributed by atoms with E-state index in [-0.39, 0.29) is 5.69 Å². The molecular weight excluding hydrogens is 230 g/mol. The van der Waals surface area contributed by atoms with Crippen LogP contribution in [0.4, 0.5) is 5.82 Å². The van der Waals surface area contributed by atoms with Gasteiger partial charge in [0.05, 0.1) is 19.5 Å². The fraction of sp³-hybridized carbons (Fsp3) is 0.615. The van der Waals surface area contributed by atoms with E-state index in [1.165, 1.54) is 32.6 Å². The van der Waals surface area contributed by atoms with Crippen LogP contribution < -0.4 is 4.90 Å². The second-order valence-electron chi connectivity index (χ2n) is 4.77. The molecule has 0 saturated carbocycles. The molecule has 1 fully saturated rings. The predicted molar refractivity (Wildman–Crippen MR) is 68.6 cm³/mol. The molecule has 0 amide bonds. The second kappa shape index (κ2) is 5.80. The molecule has 1 atom stereocenters. The standard InChI is InChI=1S/C13H19N3O2/c1-10-4-3-6-16(7-5-10)12-9-14-11(8-15-12)13(17)18-2/h8-10H,3-7H2,1-2H3. The summed E-state index contributed by atoms with van der Waals surface area (Å²) < 4.78 is 4.60. The van der Waals surface area contributed by atoms with Crippen LogP contribution in [0, 0.1) is 5.92 Å². The topological polar surface area (TPSA) is 55.3 Å². The molecular formula is C13H19N3O2. The van der Waals surface area contributed by atoms with Crippen molar-refractivity contribution < 1.29 is 9.53 Å². The second-order valence-corrected chi connectivity index (χ2v) is 4.77. The lowest BCUT2D eigenvalue weighted by atomic mass is 10.0. The highest BCUT2D eigenvalue weighted by Gasteiger charge is 2.16. The largest absolute Gasteiger partial charge is 0.464 e. The highest BCUT2D eigenvalue weighted by molar-refractivity contribution is 5.86. The normalized spacial score (nSPS) is 20.3. The highest BCUT2D eigenvalue weighted by Crippen LogP contribution is 2.20. The van der Waals surface area contributed by atoms with Gasteiger partial charge in [0, 0.05) is 13.1 Å². The van der Waals surface area contributed by atoms with Crippen LogP contribution in [0.5, 0.6) is 0 Å². The summed E-state index contributed by atoms with van der Waals surface area (Å²) in [5.74, 6) is 1.17. The van der Waals surface area contributed by atoms with Crippen molar-refractivity contribution in [3.05, 3.63) is 18.1 Å². The zero-order chi connectivity index (χ0) is 13.0. The van der Waals surface area contributed by atoms with E-state index < -0.39 is 5.97 Å². The molecule has 1 aliphatic heterocycles. The maximum atomic E-state index is 11.3. The number of anilines is 1. The number of ether oxygens (including phenoxy) is 1. The van der Waals surface area contributed by atoms with Crippen LogP contribution in [0.25, 0.3) is 0 Å². The van der Waals surface area contributed by atoms with Gasteiger partial charge < -0.3 is 9.64 Å². The number of carbonyl (C=O) groups is 1. The zero-order valence-corrected chi connectivity index (χ0v) is 10.9. The minimum atomic E-state index is -0.446. The number of carbonyl (C=O) groups excluding carboxylic acids is 1. The van der Waals surface area contributed by atoms with Crippen LogP contribution >= 0.6 is 0 Å². The van der Waals surface area contributed by atoms with Gasteiger partial charge in [-0.3, -0.25) is 0 Å². The van der Waals surface area contributed by atoms with Crippen LogP contribution in [0.1, 0.15) is 36.7 Å². The fourth-order valence-electron chi connectivity index (χ4n) is 2.19. The molecule has 18 heavy (non-hydrogen) atoms. The summed E-state index contributed by atoms with van der Waals surface area (Å²) >= 11 is 0. The zero-order valence-electron chi connectivity index (χ0n) is 10.9. The number of methoxy groups -OCH3 is 1. The lowest BCUT2D eigenvalue weighted by molar-refractivity contribution is 0.0593. The van der Waals surface area contributed by atoms with Crippen molar-refractivity contribution in [3.8, 4) is 0 Å². The van der Waals surface area contributed by atoms with E-state index in [1.807, 2.05) is 0 Å². The number of esters is 1. The van der Waals surface area contributed by atoms with Crippen molar-refractivity contribution in [2.45, 2.75) is 26.2 Å². The summed E-state index contributed by atoms with van der Waals surface area (Å²) in [4.78, 5) is 21.9. The first kappa shape index (κ1) is 12.8. The summed E-state index contributed by atoms with van der Waals surface area (Å²) in [5.41, 5.74) is 0.254. The maximum absolute atomic E-state index is 11.3. The lowest BCUT2D eigenvalue weighted by Crippen LogP contribution is -2.25. The minimum Gasteiger partial charge on any atom is -0.464 e. The smallest absolute Gasteiger partial charge is 0.358 e. The van der Waals surface area contributed by atoms with Gasteiger partial charge in [-0.15, -0.1) is 0 Å². The summed E-state index contributed by atoms with van der Waals surface area (Å²) in [6.45, 7) is 4.31. The van der Waals surface area contributed by atoms with Gasteiger partial charge in [0.15, 0.2) is 5.69 Å². The monoisotopic (exact) mass is 249 g/mol. The lowest BCUT2D eigenvalue weighted by Gasteiger charge is -2.20. The first-order chi connectivity index (χ1) is 8.70. The van der Waals surface area contributed by atoms with E-state index >= 15 is 0 Å².